The topological polar surface area (TPSA) is 104 Å². The molecule has 4 N–H and O–H groups in total. The normalized spacial score (nSPS) is 9.71. The van der Waals surface area contributed by atoms with Crippen LogP contribution in [0.4, 0.5) is 29.2 Å². The molecule has 0 aliphatic rings. The van der Waals surface area contributed by atoms with Gasteiger partial charge in [-0.05, 0) is 77.0 Å². The summed E-state index contributed by atoms with van der Waals surface area (Å²) in [5.41, 5.74) is 10.5. The first-order valence-corrected chi connectivity index (χ1v) is 10.4. The minimum absolute atomic E-state index is 0.438. The molecule has 2 aromatic heterocycles. The number of rotatable bonds is 0. The van der Waals surface area contributed by atoms with E-state index in [0.29, 0.717) is 20.8 Å². The Labute approximate surface area is 200 Å². The number of nitrogen functional groups attached to an aromatic ring is 2. The third kappa shape index (κ3) is 7.86. The lowest BCUT2D eigenvalue weighted by Gasteiger charge is -2.02. The van der Waals surface area contributed by atoms with Gasteiger partial charge in [0.1, 0.15) is 20.8 Å². The summed E-state index contributed by atoms with van der Waals surface area (Å²) in [6.45, 7) is 0. The molecule has 0 bridgehead atoms. The van der Waals surface area contributed by atoms with Crippen LogP contribution in [0.25, 0.3) is 0 Å². The van der Waals surface area contributed by atoms with Gasteiger partial charge in [-0.25, -0.2) is 37.5 Å². The third-order valence-electron chi connectivity index (χ3n) is 2.44. The molecule has 3 aromatic rings. The molecule has 14 heteroatoms. The quantitative estimate of drug-likeness (QED) is 0.144. The summed E-state index contributed by atoms with van der Waals surface area (Å²) < 4.78 is 50.6. The highest BCUT2D eigenvalue weighted by Crippen LogP contribution is 2.25. The monoisotopic (exact) mass is 748 g/mol. The van der Waals surface area contributed by atoms with E-state index >= 15 is 0 Å². The van der Waals surface area contributed by atoms with Crippen LogP contribution in [0, 0.1) is 30.4 Å². The molecule has 0 radical (unpaired) electrons. The van der Waals surface area contributed by atoms with Crippen molar-refractivity contribution in [3.8, 4) is 0 Å². The second-order valence-corrected chi connectivity index (χ2v) is 8.19. The molecule has 150 valence electrons. The fraction of sp³-hybridized carbons (Fsp3) is 0. The van der Waals surface area contributed by atoms with Gasteiger partial charge in [0.2, 0.25) is 0 Å². The van der Waals surface area contributed by atoms with E-state index < -0.39 is 30.4 Å². The second-order valence-electron chi connectivity index (χ2n) is 4.41. The van der Waals surface area contributed by atoms with Gasteiger partial charge in [0.05, 0.1) is 31.9 Å². The fourth-order valence-corrected chi connectivity index (χ4v) is 2.58. The maximum absolute atomic E-state index is 12.6. The number of aromatic nitrogens is 4. The summed E-state index contributed by atoms with van der Waals surface area (Å²) in [4.78, 5) is 15.1. The predicted molar refractivity (Wildman–Crippen MR) is 120 cm³/mol. The smallest absolute Gasteiger partial charge is 0.176 e. The summed E-state index contributed by atoms with van der Waals surface area (Å²) in [6.07, 6.45) is 6.08. The second kappa shape index (κ2) is 12.0. The Kier molecular flexibility index (Phi) is 10.7. The lowest BCUT2D eigenvalue weighted by atomic mass is 10.3. The molecule has 6 nitrogen and oxygen atoms in total. The number of nitrogens with zero attached hydrogens (tertiary/aromatic N) is 4. The number of hydrogen-bond donors (Lipinski definition) is 2. The van der Waals surface area contributed by atoms with E-state index in [1.54, 1.807) is 12.4 Å². The van der Waals surface area contributed by atoms with Gasteiger partial charge in [-0.1, -0.05) is 0 Å². The van der Waals surface area contributed by atoms with E-state index in [4.69, 9.17) is 11.5 Å². The predicted octanol–water partition coefficient (Wildman–Crippen LogP) is 5.09. The molecule has 0 amide bonds. The third-order valence-corrected chi connectivity index (χ3v) is 5.15. The highest BCUT2D eigenvalue weighted by atomic mass is 127. The molecule has 1 aromatic carbocycles. The Hall–Kier alpha value is -0.880. The maximum Gasteiger partial charge on any atom is 0.176 e. The molecule has 0 aliphatic heterocycles. The summed E-state index contributed by atoms with van der Waals surface area (Å²) in [5.74, 6) is -4.52. The average Bonchev–Trinajstić information content (AvgIpc) is 2.69. The lowest BCUT2D eigenvalue weighted by Crippen LogP contribution is -2.02. The summed E-state index contributed by atoms with van der Waals surface area (Å²) in [5, 5.41) is 0. The Morgan fingerprint density at radius 2 is 0.893 bits per heavy atom. The van der Waals surface area contributed by atoms with E-state index in [-0.39, 0.29) is 0 Å². The van der Waals surface area contributed by atoms with E-state index in [1.165, 1.54) is 57.6 Å². The van der Waals surface area contributed by atoms with Crippen LogP contribution in [-0.4, -0.2) is 19.9 Å². The Bertz CT molecular complexity index is 742. The van der Waals surface area contributed by atoms with Crippen molar-refractivity contribution in [2.45, 2.75) is 0 Å². The van der Waals surface area contributed by atoms with E-state index in [1.807, 2.05) is 0 Å². The fourth-order valence-electron chi connectivity index (χ4n) is 1.22. The number of hydrogen-bond acceptors (Lipinski definition) is 6. The molecule has 0 aliphatic carbocycles. The molecular weight excluding hydrogens is 742 g/mol. The lowest BCUT2D eigenvalue weighted by molar-refractivity contribution is 0.437. The molecule has 2 heterocycles. The number of benzene rings is 1. The van der Waals surface area contributed by atoms with Crippen LogP contribution in [0.5, 0.6) is 0 Å². The Balaban J connectivity index is 0.000000217. The minimum atomic E-state index is -1.35. The molecule has 28 heavy (non-hydrogen) atoms. The first-order chi connectivity index (χ1) is 13.0. The van der Waals surface area contributed by atoms with Crippen LogP contribution in [0.2, 0.25) is 0 Å². The van der Waals surface area contributed by atoms with Crippen LogP contribution in [0.3, 0.4) is 0 Å². The van der Waals surface area contributed by atoms with Gasteiger partial charge in [-0.15, -0.1) is 0 Å². The van der Waals surface area contributed by atoms with Gasteiger partial charge in [0, 0.05) is 0 Å². The first-order valence-electron chi connectivity index (χ1n) is 6.67. The molecular formula is C14H8Br2F4I2N6. The van der Waals surface area contributed by atoms with Gasteiger partial charge < -0.3 is 11.5 Å². The van der Waals surface area contributed by atoms with Crippen molar-refractivity contribution in [2.75, 3.05) is 11.5 Å². The van der Waals surface area contributed by atoms with Crippen LogP contribution < -0.4 is 11.5 Å². The Morgan fingerprint density at radius 1 is 0.607 bits per heavy atom. The van der Waals surface area contributed by atoms with Crippen molar-refractivity contribution in [3.05, 3.63) is 64.4 Å². The number of halogens is 8. The van der Waals surface area contributed by atoms with Crippen molar-refractivity contribution < 1.29 is 17.6 Å². The molecule has 0 saturated carbocycles. The van der Waals surface area contributed by atoms with Crippen molar-refractivity contribution >= 4 is 88.7 Å². The van der Waals surface area contributed by atoms with E-state index in [0.717, 1.165) is 0 Å². The summed E-state index contributed by atoms with van der Waals surface area (Å²) in [7, 11) is 0. The van der Waals surface area contributed by atoms with Gasteiger partial charge in [0.15, 0.2) is 23.3 Å². The van der Waals surface area contributed by atoms with E-state index in [9.17, 15) is 17.6 Å². The molecule has 0 spiro atoms. The summed E-state index contributed by atoms with van der Waals surface area (Å²) >= 11 is 8.64. The Morgan fingerprint density at radius 3 is 1.07 bits per heavy atom. The van der Waals surface area contributed by atoms with Crippen molar-refractivity contribution in [1.29, 1.82) is 0 Å². The number of anilines is 2. The number of nitrogens with two attached hydrogens (primary N) is 2. The molecule has 0 atom stereocenters. The zero-order valence-electron chi connectivity index (χ0n) is 13.3. The van der Waals surface area contributed by atoms with Crippen LogP contribution in [0.15, 0.2) is 34.0 Å². The van der Waals surface area contributed by atoms with Crippen LogP contribution in [0.1, 0.15) is 0 Å². The molecule has 0 unspecified atom stereocenters. The average molecular weight is 750 g/mol. The standard InChI is InChI=1S/C6F4I2.2C4H4BrN3/c7-1-2(8)6(12)4(10)3(9)5(1)11;2*5-3-1-8-4(6)2-7-3/h;2*1-2H,(H2,6,8). The highest BCUT2D eigenvalue weighted by molar-refractivity contribution is 14.1. The van der Waals surface area contributed by atoms with Gasteiger partial charge in [-0.3, -0.25) is 0 Å². The van der Waals surface area contributed by atoms with Crippen molar-refractivity contribution in [3.63, 3.8) is 0 Å². The largest absolute Gasteiger partial charge is 0.382 e. The molecule has 0 fully saturated rings. The molecule has 0 saturated heterocycles. The molecule has 3 rings (SSSR count). The van der Waals surface area contributed by atoms with Gasteiger partial charge >= 0.3 is 0 Å². The van der Waals surface area contributed by atoms with Crippen molar-refractivity contribution in [1.82, 2.24) is 19.9 Å². The van der Waals surface area contributed by atoms with Gasteiger partial charge in [-0.2, -0.15) is 0 Å². The van der Waals surface area contributed by atoms with Gasteiger partial charge in [0.25, 0.3) is 0 Å². The zero-order chi connectivity index (χ0) is 21.4. The van der Waals surface area contributed by atoms with Crippen LogP contribution in [-0.2, 0) is 0 Å². The SMILES string of the molecule is Fc1c(F)c(I)c(F)c(F)c1I.Nc1cnc(Br)cn1.Nc1cnc(Br)cn1. The summed E-state index contributed by atoms with van der Waals surface area (Å²) in [6, 6.07) is 0. The minimum Gasteiger partial charge on any atom is -0.382 e. The van der Waals surface area contributed by atoms with E-state index in [2.05, 4.69) is 51.8 Å². The highest BCUT2D eigenvalue weighted by Gasteiger charge is 2.21. The van der Waals surface area contributed by atoms with Crippen LogP contribution >= 0.6 is 77.0 Å². The first kappa shape index (κ1) is 25.2. The van der Waals surface area contributed by atoms with Crippen molar-refractivity contribution in [2.24, 2.45) is 0 Å². The maximum atomic E-state index is 12.6. The zero-order valence-corrected chi connectivity index (χ0v) is 20.8.